The van der Waals surface area contributed by atoms with Gasteiger partial charge in [0.25, 0.3) is 5.09 Å². The van der Waals surface area contributed by atoms with Gasteiger partial charge in [-0.3, -0.25) is 0 Å². The molecule has 114 valence electrons. The lowest BCUT2D eigenvalue weighted by Gasteiger charge is -2.40. The number of nitrogens with one attached hydrogen (secondary N) is 1. The summed E-state index contributed by atoms with van der Waals surface area (Å²) in [7, 11) is 0. The largest absolute Gasteiger partial charge is 0.386 e. The van der Waals surface area contributed by atoms with Crippen LogP contribution in [0.4, 0.5) is 0 Å². The second-order valence-corrected chi connectivity index (χ2v) is 5.37. The van der Waals surface area contributed by atoms with Gasteiger partial charge in [0, 0.05) is 0 Å². The standard InChI is InChI=1S/C16H22N2O3/c1-2-3-12-16(21-18(19)20,14-9-5-4-6-10-14)15-11-7-8-13-17-15/h4-6,8-10,13,15,17H,2-3,7,11-12H2,1H3. The fraction of sp³-hybridized carbons (Fsp3) is 0.500. The quantitative estimate of drug-likeness (QED) is 0.616. The first-order valence-corrected chi connectivity index (χ1v) is 7.49. The summed E-state index contributed by atoms with van der Waals surface area (Å²) in [6.07, 6.45) is 8.12. The average Bonchev–Trinajstić information content (AvgIpc) is 2.53. The molecule has 2 unspecified atom stereocenters. The maximum Gasteiger partial charge on any atom is 0.295 e. The lowest BCUT2D eigenvalue weighted by atomic mass is 9.79. The van der Waals surface area contributed by atoms with E-state index in [1.54, 1.807) is 0 Å². The van der Waals surface area contributed by atoms with E-state index >= 15 is 0 Å². The van der Waals surface area contributed by atoms with E-state index in [4.69, 9.17) is 4.84 Å². The molecule has 21 heavy (non-hydrogen) atoms. The molecule has 5 heteroatoms. The van der Waals surface area contributed by atoms with Crippen LogP contribution in [-0.2, 0) is 10.4 Å². The van der Waals surface area contributed by atoms with Crippen LogP contribution in [0.15, 0.2) is 42.6 Å². The zero-order valence-corrected chi connectivity index (χ0v) is 12.3. The number of rotatable bonds is 7. The molecule has 1 heterocycles. The summed E-state index contributed by atoms with van der Waals surface area (Å²) in [5.41, 5.74) is -0.0612. The Bertz CT molecular complexity index is 490. The van der Waals surface area contributed by atoms with Gasteiger partial charge in [0.15, 0.2) is 5.60 Å². The van der Waals surface area contributed by atoms with E-state index in [1.165, 1.54) is 0 Å². The van der Waals surface area contributed by atoms with Gasteiger partial charge >= 0.3 is 0 Å². The fourth-order valence-electron chi connectivity index (χ4n) is 2.96. The predicted octanol–water partition coefficient (Wildman–Crippen LogP) is 3.55. The van der Waals surface area contributed by atoms with Crippen molar-refractivity contribution in [3.63, 3.8) is 0 Å². The van der Waals surface area contributed by atoms with Crippen molar-refractivity contribution in [1.82, 2.24) is 5.32 Å². The van der Waals surface area contributed by atoms with Crippen LogP contribution in [-0.4, -0.2) is 11.1 Å². The van der Waals surface area contributed by atoms with Gasteiger partial charge in [-0.15, -0.1) is 10.1 Å². The molecule has 1 aromatic rings. The van der Waals surface area contributed by atoms with Crippen molar-refractivity contribution in [2.24, 2.45) is 0 Å². The topological polar surface area (TPSA) is 64.4 Å². The maximum absolute atomic E-state index is 11.1. The highest BCUT2D eigenvalue weighted by Gasteiger charge is 2.43. The summed E-state index contributed by atoms with van der Waals surface area (Å²) in [5, 5.41) is 13.7. The molecule has 0 bridgehead atoms. The van der Waals surface area contributed by atoms with Crippen LogP contribution in [0.2, 0.25) is 0 Å². The lowest BCUT2D eigenvalue weighted by molar-refractivity contribution is -0.786. The van der Waals surface area contributed by atoms with E-state index < -0.39 is 10.7 Å². The van der Waals surface area contributed by atoms with Crippen LogP contribution in [0.3, 0.4) is 0 Å². The summed E-state index contributed by atoms with van der Waals surface area (Å²) in [6, 6.07) is 9.45. The predicted molar refractivity (Wildman–Crippen MR) is 81.0 cm³/mol. The van der Waals surface area contributed by atoms with E-state index in [1.807, 2.05) is 42.6 Å². The molecule has 0 aliphatic carbocycles. The van der Waals surface area contributed by atoms with Crippen LogP contribution >= 0.6 is 0 Å². The first kappa shape index (κ1) is 15.4. The SMILES string of the molecule is CCCCC(O[N+](=O)[O-])(c1ccccc1)C1CCC=CN1. The fourth-order valence-corrected chi connectivity index (χ4v) is 2.96. The van der Waals surface area contributed by atoms with Gasteiger partial charge in [0.1, 0.15) is 0 Å². The average molecular weight is 290 g/mol. The van der Waals surface area contributed by atoms with Crippen molar-refractivity contribution in [2.75, 3.05) is 0 Å². The highest BCUT2D eigenvalue weighted by Crippen LogP contribution is 2.38. The Labute approximate surface area is 125 Å². The molecule has 2 atom stereocenters. The Hall–Kier alpha value is -2.04. The second-order valence-electron chi connectivity index (χ2n) is 5.37. The van der Waals surface area contributed by atoms with Crippen molar-refractivity contribution in [3.05, 3.63) is 58.3 Å². The van der Waals surface area contributed by atoms with Crippen LogP contribution in [0.5, 0.6) is 0 Å². The maximum atomic E-state index is 11.1. The van der Waals surface area contributed by atoms with Gasteiger partial charge in [-0.2, -0.15) is 0 Å². The highest BCUT2D eigenvalue weighted by molar-refractivity contribution is 5.25. The number of hydrogen-bond acceptors (Lipinski definition) is 4. The van der Waals surface area contributed by atoms with E-state index in [9.17, 15) is 10.1 Å². The number of hydrogen-bond donors (Lipinski definition) is 1. The van der Waals surface area contributed by atoms with Crippen molar-refractivity contribution in [3.8, 4) is 0 Å². The molecule has 0 spiro atoms. The molecule has 0 saturated carbocycles. The van der Waals surface area contributed by atoms with Gasteiger partial charge in [-0.1, -0.05) is 56.2 Å². The number of nitrogens with zero attached hydrogens (tertiary/aromatic N) is 1. The minimum Gasteiger partial charge on any atom is -0.386 e. The summed E-state index contributed by atoms with van der Waals surface area (Å²) in [4.78, 5) is 16.4. The lowest BCUT2D eigenvalue weighted by Crippen LogP contribution is -2.50. The Balaban J connectivity index is 2.41. The van der Waals surface area contributed by atoms with E-state index in [0.29, 0.717) is 6.42 Å². The first-order valence-electron chi connectivity index (χ1n) is 7.49. The molecule has 0 saturated heterocycles. The molecule has 1 N–H and O–H groups in total. The summed E-state index contributed by atoms with van der Waals surface area (Å²) in [6.45, 7) is 2.08. The molecule has 0 amide bonds. The van der Waals surface area contributed by atoms with Gasteiger partial charge in [-0.25, -0.2) is 0 Å². The second kappa shape index (κ2) is 7.11. The van der Waals surface area contributed by atoms with Gasteiger partial charge in [0.2, 0.25) is 0 Å². The summed E-state index contributed by atoms with van der Waals surface area (Å²) >= 11 is 0. The molecule has 2 rings (SSSR count). The van der Waals surface area contributed by atoms with Crippen LogP contribution < -0.4 is 5.32 Å². The summed E-state index contributed by atoms with van der Waals surface area (Å²) in [5.74, 6) is 0. The van der Waals surface area contributed by atoms with Crippen molar-refractivity contribution in [2.45, 2.75) is 50.7 Å². The molecule has 1 aromatic carbocycles. The number of unbranched alkanes of at least 4 members (excludes halogenated alkanes) is 1. The minimum atomic E-state index is -0.925. The third kappa shape index (κ3) is 3.54. The van der Waals surface area contributed by atoms with Crippen molar-refractivity contribution >= 4 is 0 Å². The van der Waals surface area contributed by atoms with Crippen LogP contribution in [0, 0.1) is 10.1 Å². The molecule has 5 nitrogen and oxygen atoms in total. The first-order chi connectivity index (χ1) is 10.2. The Morgan fingerprint density at radius 1 is 1.43 bits per heavy atom. The number of benzene rings is 1. The van der Waals surface area contributed by atoms with Crippen LogP contribution in [0.25, 0.3) is 0 Å². The van der Waals surface area contributed by atoms with E-state index in [0.717, 1.165) is 31.2 Å². The normalized spacial score (nSPS) is 20.3. The zero-order valence-electron chi connectivity index (χ0n) is 12.3. The van der Waals surface area contributed by atoms with Gasteiger partial charge in [-0.05, 0) is 31.0 Å². The third-order valence-corrected chi connectivity index (χ3v) is 4.00. The zero-order chi connectivity index (χ0) is 15.1. The van der Waals surface area contributed by atoms with Crippen molar-refractivity contribution < 1.29 is 9.92 Å². The minimum absolute atomic E-state index is 0.0955. The number of allylic oxidation sites excluding steroid dienone is 1. The summed E-state index contributed by atoms with van der Waals surface area (Å²) < 4.78 is 0. The van der Waals surface area contributed by atoms with Gasteiger partial charge < -0.3 is 10.2 Å². The highest BCUT2D eigenvalue weighted by atomic mass is 17.0. The van der Waals surface area contributed by atoms with Gasteiger partial charge in [0.05, 0.1) is 6.04 Å². The Morgan fingerprint density at radius 3 is 2.76 bits per heavy atom. The molecule has 1 aliphatic heterocycles. The molecule has 0 fully saturated rings. The van der Waals surface area contributed by atoms with Crippen molar-refractivity contribution in [1.29, 1.82) is 0 Å². The van der Waals surface area contributed by atoms with E-state index in [2.05, 4.69) is 12.2 Å². The van der Waals surface area contributed by atoms with E-state index in [-0.39, 0.29) is 6.04 Å². The molecule has 0 aromatic heterocycles. The molecule has 1 aliphatic rings. The Kier molecular flexibility index (Phi) is 5.20. The Morgan fingerprint density at radius 2 is 2.19 bits per heavy atom. The smallest absolute Gasteiger partial charge is 0.295 e. The molecular weight excluding hydrogens is 268 g/mol. The third-order valence-electron chi connectivity index (χ3n) is 4.00. The van der Waals surface area contributed by atoms with Crippen LogP contribution in [0.1, 0.15) is 44.6 Å². The monoisotopic (exact) mass is 290 g/mol. The molecular formula is C16H22N2O3. The molecule has 0 radical (unpaired) electrons.